The van der Waals surface area contributed by atoms with E-state index in [0.717, 1.165) is 19.1 Å². The van der Waals surface area contributed by atoms with Gasteiger partial charge in [0, 0.05) is 12.6 Å². The van der Waals surface area contributed by atoms with E-state index >= 15 is 0 Å². The van der Waals surface area contributed by atoms with Crippen molar-refractivity contribution in [3.05, 3.63) is 35.4 Å². The third-order valence-electron chi connectivity index (χ3n) is 4.47. The lowest BCUT2D eigenvalue weighted by atomic mass is 9.94. The van der Waals surface area contributed by atoms with Crippen molar-refractivity contribution in [3.63, 3.8) is 0 Å². The molecule has 0 spiro atoms. The highest BCUT2D eigenvalue weighted by atomic mass is 15.1. The Bertz CT molecular complexity index is 383. The van der Waals surface area contributed by atoms with Gasteiger partial charge in [0.15, 0.2) is 0 Å². The molecule has 0 saturated heterocycles. The van der Waals surface area contributed by atoms with Crippen LogP contribution in [-0.4, -0.2) is 31.1 Å². The Hall–Kier alpha value is -0.860. The van der Waals surface area contributed by atoms with Crippen molar-refractivity contribution in [1.29, 1.82) is 0 Å². The maximum Gasteiger partial charge on any atom is 0.0205 e. The van der Waals surface area contributed by atoms with Gasteiger partial charge in [0.2, 0.25) is 0 Å². The molecule has 2 heteroatoms. The van der Waals surface area contributed by atoms with E-state index in [1.54, 1.807) is 0 Å². The van der Waals surface area contributed by atoms with Crippen LogP contribution in [0.4, 0.5) is 0 Å². The molecule has 1 aromatic rings. The molecular formula is C18H30N2. The summed E-state index contributed by atoms with van der Waals surface area (Å²) in [5, 5.41) is 3.56. The van der Waals surface area contributed by atoms with Gasteiger partial charge in [0.25, 0.3) is 0 Å². The molecule has 1 N–H and O–H groups in total. The van der Waals surface area contributed by atoms with E-state index in [-0.39, 0.29) is 0 Å². The van der Waals surface area contributed by atoms with E-state index in [1.807, 2.05) is 0 Å². The topological polar surface area (TPSA) is 15.3 Å². The Morgan fingerprint density at radius 2 is 2.00 bits per heavy atom. The van der Waals surface area contributed by atoms with Crippen LogP contribution in [0.15, 0.2) is 24.3 Å². The Labute approximate surface area is 124 Å². The summed E-state index contributed by atoms with van der Waals surface area (Å²) in [5.74, 6) is 0. The average molecular weight is 274 g/mol. The summed E-state index contributed by atoms with van der Waals surface area (Å²) in [6, 6.07) is 9.61. The zero-order valence-electron chi connectivity index (χ0n) is 13.2. The Kier molecular flexibility index (Phi) is 6.55. The summed E-state index contributed by atoms with van der Waals surface area (Å²) in [7, 11) is 2.30. The van der Waals surface area contributed by atoms with E-state index in [4.69, 9.17) is 0 Å². The summed E-state index contributed by atoms with van der Waals surface area (Å²) in [5.41, 5.74) is 2.74. The average Bonchev–Trinajstić information content (AvgIpc) is 2.48. The van der Waals surface area contributed by atoms with E-state index in [9.17, 15) is 0 Å². The van der Waals surface area contributed by atoms with Gasteiger partial charge in [-0.3, -0.25) is 0 Å². The molecule has 0 atom stereocenters. The molecule has 1 aliphatic rings. The van der Waals surface area contributed by atoms with Crippen molar-refractivity contribution in [1.82, 2.24) is 10.2 Å². The Morgan fingerprint density at radius 3 is 2.75 bits per heavy atom. The molecule has 0 heterocycles. The van der Waals surface area contributed by atoms with Crippen LogP contribution in [0.2, 0.25) is 0 Å². The molecule has 0 unspecified atom stereocenters. The van der Waals surface area contributed by atoms with Crippen LogP contribution in [-0.2, 0) is 6.54 Å². The van der Waals surface area contributed by atoms with Crippen molar-refractivity contribution in [3.8, 4) is 0 Å². The van der Waals surface area contributed by atoms with E-state index < -0.39 is 0 Å². The third-order valence-corrected chi connectivity index (χ3v) is 4.47. The SMILES string of the molecule is Cc1cccc(CNCCCN(C)C2CCCCC2)c1. The van der Waals surface area contributed by atoms with Gasteiger partial charge in [-0.15, -0.1) is 0 Å². The molecule has 2 nitrogen and oxygen atoms in total. The number of aryl methyl sites for hydroxylation is 1. The summed E-state index contributed by atoms with van der Waals surface area (Å²) < 4.78 is 0. The van der Waals surface area contributed by atoms with Gasteiger partial charge < -0.3 is 10.2 Å². The number of hydrogen-bond acceptors (Lipinski definition) is 2. The monoisotopic (exact) mass is 274 g/mol. The van der Waals surface area contributed by atoms with Crippen molar-refractivity contribution < 1.29 is 0 Å². The molecule has 1 aromatic carbocycles. The summed E-state index contributed by atoms with van der Waals surface area (Å²) in [4.78, 5) is 2.58. The molecule has 0 aliphatic heterocycles. The first-order valence-corrected chi connectivity index (χ1v) is 8.22. The predicted molar refractivity (Wildman–Crippen MR) is 87.0 cm³/mol. The van der Waals surface area contributed by atoms with Gasteiger partial charge in [-0.25, -0.2) is 0 Å². The minimum absolute atomic E-state index is 0.848. The van der Waals surface area contributed by atoms with Crippen molar-refractivity contribution in [2.75, 3.05) is 20.1 Å². The number of benzene rings is 1. The smallest absolute Gasteiger partial charge is 0.0205 e. The second-order valence-corrected chi connectivity index (χ2v) is 6.29. The number of rotatable bonds is 7. The molecule has 1 aliphatic carbocycles. The molecule has 1 saturated carbocycles. The zero-order valence-corrected chi connectivity index (χ0v) is 13.2. The molecule has 2 rings (SSSR count). The van der Waals surface area contributed by atoms with E-state index in [2.05, 4.69) is 48.5 Å². The molecular weight excluding hydrogens is 244 g/mol. The fraction of sp³-hybridized carbons (Fsp3) is 0.667. The van der Waals surface area contributed by atoms with E-state index in [1.165, 1.54) is 56.2 Å². The fourth-order valence-electron chi connectivity index (χ4n) is 3.21. The summed E-state index contributed by atoms with van der Waals surface area (Å²) in [6.07, 6.45) is 8.38. The number of nitrogens with one attached hydrogen (secondary N) is 1. The lowest BCUT2D eigenvalue weighted by Gasteiger charge is -2.31. The first-order chi connectivity index (χ1) is 9.75. The van der Waals surface area contributed by atoms with Gasteiger partial charge in [0.05, 0.1) is 0 Å². The number of hydrogen-bond donors (Lipinski definition) is 1. The minimum Gasteiger partial charge on any atom is -0.313 e. The van der Waals surface area contributed by atoms with Crippen molar-refractivity contribution in [2.24, 2.45) is 0 Å². The zero-order chi connectivity index (χ0) is 14.2. The number of nitrogens with zero attached hydrogens (tertiary/aromatic N) is 1. The second-order valence-electron chi connectivity index (χ2n) is 6.29. The van der Waals surface area contributed by atoms with Gasteiger partial charge in [-0.05, 0) is 51.9 Å². The van der Waals surface area contributed by atoms with Crippen LogP contribution in [0.3, 0.4) is 0 Å². The van der Waals surface area contributed by atoms with Gasteiger partial charge >= 0.3 is 0 Å². The molecule has 0 bridgehead atoms. The highest BCUT2D eigenvalue weighted by Crippen LogP contribution is 2.21. The fourth-order valence-corrected chi connectivity index (χ4v) is 3.21. The molecule has 112 valence electrons. The standard InChI is InChI=1S/C18H30N2/c1-16-8-6-9-17(14-16)15-19-12-7-13-20(2)18-10-4-3-5-11-18/h6,8-9,14,18-19H,3-5,7,10-13,15H2,1-2H3. The van der Waals surface area contributed by atoms with E-state index in [0.29, 0.717) is 0 Å². The summed E-state index contributed by atoms with van der Waals surface area (Å²) >= 11 is 0. The Morgan fingerprint density at radius 1 is 1.20 bits per heavy atom. The molecule has 0 aromatic heterocycles. The molecule has 1 fully saturated rings. The van der Waals surface area contributed by atoms with Crippen LogP contribution >= 0.6 is 0 Å². The maximum atomic E-state index is 3.56. The minimum atomic E-state index is 0.848. The lowest BCUT2D eigenvalue weighted by Crippen LogP contribution is -2.35. The normalized spacial score (nSPS) is 16.8. The van der Waals surface area contributed by atoms with Crippen molar-refractivity contribution >= 4 is 0 Å². The summed E-state index contributed by atoms with van der Waals surface area (Å²) in [6.45, 7) is 5.49. The highest BCUT2D eigenvalue weighted by molar-refractivity contribution is 5.21. The first-order valence-electron chi connectivity index (χ1n) is 8.22. The predicted octanol–water partition coefficient (Wildman–Crippen LogP) is 3.74. The molecule has 0 radical (unpaired) electrons. The Balaban J connectivity index is 1.57. The molecule has 0 amide bonds. The van der Waals surface area contributed by atoms with Gasteiger partial charge in [-0.1, -0.05) is 49.1 Å². The maximum absolute atomic E-state index is 3.56. The highest BCUT2D eigenvalue weighted by Gasteiger charge is 2.16. The second kappa shape index (κ2) is 8.43. The third kappa shape index (κ3) is 5.26. The van der Waals surface area contributed by atoms with Crippen LogP contribution < -0.4 is 5.32 Å². The lowest BCUT2D eigenvalue weighted by molar-refractivity contribution is 0.189. The van der Waals surface area contributed by atoms with Crippen LogP contribution in [0, 0.1) is 6.92 Å². The molecule has 20 heavy (non-hydrogen) atoms. The van der Waals surface area contributed by atoms with Crippen LogP contribution in [0.25, 0.3) is 0 Å². The van der Waals surface area contributed by atoms with Gasteiger partial charge in [-0.2, -0.15) is 0 Å². The van der Waals surface area contributed by atoms with Gasteiger partial charge in [0.1, 0.15) is 0 Å². The van der Waals surface area contributed by atoms with Crippen LogP contribution in [0.1, 0.15) is 49.7 Å². The quantitative estimate of drug-likeness (QED) is 0.762. The first kappa shape index (κ1) is 15.5. The largest absolute Gasteiger partial charge is 0.313 e. The van der Waals surface area contributed by atoms with Crippen LogP contribution in [0.5, 0.6) is 0 Å². The van der Waals surface area contributed by atoms with Crippen molar-refractivity contribution in [2.45, 2.75) is 58.0 Å².